The molecule has 0 radical (unpaired) electrons. The molecule has 4 N–H and O–H groups in total. The number of hydrogen-bond donors (Lipinski definition) is 3. The van der Waals surface area contributed by atoms with Gasteiger partial charge in [-0.05, 0) is 83.1 Å². The average molecular weight is 748 g/mol. The van der Waals surface area contributed by atoms with Crippen molar-refractivity contribution in [2.75, 3.05) is 6.61 Å². The van der Waals surface area contributed by atoms with Crippen LogP contribution in [0.5, 0.6) is 0 Å². The van der Waals surface area contributed by atoms with Gasteiger partial charge in [0.15, 0.2) is 11.6 Å². The van der Waals surface area contributed by atoms with E-state index in [0.717, 1.165) is 25.7 Å². The van der Waals surface area contributed by atoms with Crippen molar-refractivity contribution in [3.8, 4) is 0 Å². The zero-order valence-electron chi connectivity index (χ0n) is 33.4. The summed E-state index contributed by atoms with van der Waals surface area (Å²) in [5, 5.41) is 22.5. The summed E-state index contributed by atoms with van der Waals surface area (Å²) >= 11 is 0. The topological polar surface area (TPSA) is 156 Å². The minimum absolute atomic E-state index is 0.0109. The first-order valence-electron chi connectivity index (χ1n) is 20.7. The van der Waals surface area contributed by atoms with Crippen molar-refractivity contribution in [2.24, 2.45) is 35.3 Å². The average Bonchev–Trinajstić information content (AvgIpc) is 3.55. The normalized spacial score (nSPS) is 41.8. The Kier molecular flexibility index (Phi) is 14.1. The van der Waals surface area contributed by atoms with E-state index in [0.29, 0.717) is 51.4 Å². The molecule has 5 aliphatic heterocycles. The standard InChI is InChI=1S/C42H69NO10/c1-9-23-48-39(46)29(10-2)31-15-13-16-34(50-31)35(43)37(45)27(7)36(44)30(11-3)38-25(5)24-26(6)42(52-38)20-14-19-41(53-42)22-18-33(51-41)32-17-21-40(47,12-4)28(8)49-32/h9,14,20,25-35,37-38,45,47H,1,10-13,15-19,21-24,43H2,2-8H3/t25-,26+,27+,28-,29+,30-,31+,32+,33?,34+,35+,37+,38-,40+,41+,42-/m0/s1. The molecular formula is C42H69NO10. The highest BCUT2D eigenvalue weighted by atomic mass is 16.8. The molecule has 0 amide bonds. The van der Waals surface area contributed by atoms with E-state index in [-0.39, 0.29) is 54.6 Å². The van der Waals surface area contributed by atoms with Gasteiger partial charge in [0, 0.05) is 30.6 Å². The molecule has 11 heteroatoms. The van der Waals surface area contributed by atoms with Gasteiger partial charge in [0.2, 0.25) is 0 Å². The number of Topliss-reactive ketones (excluding diaryl/α,β-unsaturated/α-hetero) is 1. The largest absolute Gasteiger partial charge is 0.461 e. The lowest BCUT2D eigenvalue weighted by Gasteiger charge is -2.53. The van der Waals surface area contributed by atoms with Gasteiger partial charge in [-0.25, -0.2) is 0 Å². The van der Waals surface area contributed by atoms with Crippen LogP contribution in [0.1, 0.15) is 126 Å². The van der Waals surface area contributed by atoms with Crippen LogP contribution in [0.15, 0.2) is 24.8 Å². The van der Waals surface area contributed by atoms with Crippen LogP contribution in [0, 0.1) is 29.6 Å². The summed E-state index contributed by atoms with van der Waals surface area (Å²) in [6.07, 6.45) is 10.8. The molecule has 53 heavy (non-hydrogen) atoms. The van der Waals surface area contributed by atoms with Crippen LogP contribution in [0.4, 0.5) is 0 Å². The molecule has 0 aliphatic carbocycles. The molecule has 5 rings (SSSR count). The fourth-order valence-electron chi connectivity index (χ4n) is 9.85. The monoisotopic (exact) mass is 747 g/mol. The molecule has 0 bridgehead atoms. The second-order valence-corrected chi connectivity index (χ2v) is 16.9. The molecule has 0 aromatic rings. The van der Waals surface area contributed by atoms with Crippen LogP contribution < -0.4 is 5.73 Å². The van der Waals surface area contributed by atoms with Crippen LogP contribution in [-0.2, 0) is 38.0 Å². The summed E-state index contributed by atoms with van der Waals surface area (Å²) in [6, 6.07) is -0.809. The van der Waals surface area contributed by atoms with Gasteiger partial charge in [-0.2, -0.15) is 0 Å². The number of carbonyl (C=O) groups is 2. The fourth-order valence-corrected chi connectivity index (χ4v) is 9.85. The number of rotatable bonds is 14. The maximum Gasteiger partial charge on any atom is 0.311 e. The summed E-state index contributed by atoms with van der Waals surface area (Å²) < 4.78 is 38.7. The van der Waals surface area contributed by atoms with Crippen molar-refractivity contribution in [3.63, 3.8) is 0 Å². The molecule has 0 saturated carbocycles. The SMILES string of the molecule is C=CCOC(=O)[C@H](CC)[C@H]1CCC[C@H]([C@@H](N)[C@H](O)[C@H](C)C(=O)[C@H](CC)[C@H]2O[C@]3(C=CC[C@]4(CCC([C@H]5CC[C@](O)(CC)[C@H](C)O5)O4)O3)[C@H](C)C[C@@H]2C)O1. The maximum absolute atomic E-state index is 14.3. The summed E-state index contributed by atoms with van der Waals surface area (Å²) in [5.41, 5.74) is 5.87. The number of esters is 1. The lowest BCUT2D eigenvalue weighted by Crippen LogP contribution is -2.59. The van der Waals surface area contributed by atoms with Crippen molar-refractivity contribution in [1.82, 2.24) is 0 Å². The van der Waals surface area contributed by atoms with E-state index in [1.165, 1.54) is 0 Å². The summed E-state index contributed by atoms with van der Waals surface area (Å²) in [7, 11) is 0. The van der Waals surface area contributed by atoms with E-state index < -0.39 is 59.3 Å². The number of aliphatic hydroxyl groups excluding tert-OH is 1. The van der Waals surface area contributed by atoms with E-state index in [1.54, 1.807) is 13.0 Å². The smallest absolute Gasteiger partial charge is 0.311 e. The first-order chi connectivity index (χ1) is 25.2. The first-order valence-corrected chi connectivity index (χ1v) is 20.7. The number of carbonyl (C=O) groups excluding carboxylic acids is 2. The molecule has 5 aliphatic rings. The number of aliphatic hydroxyl groups is 2. The first kappa shape index (κ1) is 42.4. The van der Waals surface area contributed by atoms with Crippen molar-refractivity contribution >= 4 is 11.8 Å². The van der Waals surface area contributed by atoms with E-state index in [9.17, 15) is 19.8 Å². The van der Waals surface area contributed by atoms with Crippen molar-refractivity contribution in [2.45, 2.75) is 191 Å². The quantitative estimate of drug-likeness (QED) is 0.143. The van der Waals surface area contributed by atoms with Gasteiger partial charge in [0.1, 0.15) is 12.4 Å². The van der Waals surface area contributed by atoms with Crippen LogP contribution in [-0.4, -0.2) is 94.5 Å². The minimum atomic E-state index is -1.14. The van der Waals surface area contributed by atoms with Gasteiger partial charge in [-0.3, -0.25) is 9.59 Å². The van der Waals surface area contributed by atoms with Crippen LogP contribution >= 0.6 is 0 Å². The number of hydrogen-bond acceptors (Lipinski definition) is 11. The van der Waals surface area contributed by atoms with Crippen LogP contribution in [0.25, 0.3) is 0 Å². The molecule has 11 nitrogen and oxygen atoms in total. The van der Waals surface area contributed by atoms with Gasteiger partial charge in [-0.1, -0.05) is 60.3 Å². The number of ketones is 1. The Bertz CT molecular complexity index is 1290. The third-order valence-corrected chi connectivity index (χ3v) is 13.5. The van der Waals surface area contributed by atoms with Crippen molar-refractivity contribution < 1.29 is 48.2 Å². The van der Waals surface area contributed by atoms with Gasteiger partial charge < -0.3 is 44.4 Å². The van der Waals surface area contributed by atoms with Crippen molar-refractivity contribution in [3.05, 3.63) is 24.8 Å². The molecule has 16 atom stereocenters. The Balaban J connectivity index is 1.24. The summed E-state index contributed by atoms with van der Waals surface area (Å²) in [5.74, 6) is -3.95. The van der Waals surface area contributed by atoms with E-state index in [1.807, 2.05) is 33.8 Å². The van der Waals surface area contributed by atoms with E-state index in [4.69, 9.17) is 34.2 Å². The van der Waals surface area contributed by atoms with Crippen LogP contribution in [0.3, 0.4) is 0 Å². The van der Waals surface area contributed by atoms with E-state index in [2.05, 4.69) is 26.5 Å². The molecule has 0 aromatic carbocycles. The number of ether oxygens (including phenoxy) is 6. The maximum atomic E-state index is 14.3. The highest BCUT2D eigenvalue weighted by Gasteiger charge is 2.57. The summed E-state index contributed by atoms with van der Waals surface area (Å²) in [4.78, 5) is 27.1. The minimum Gasteiger partial charge on any atom is -0.461 e. The molecule has 302 valence electrons. The van der Waals surface area contributed by atoms with Gasteiger partial charge >= 0.3 is 5.97 Å². The Morgan fingerprint density at radius 3 is 2.36 bits per heavy atom. The van der Waals surface area contributed by atoms with Gasteiger partial charge in [0.25, 0.3) is 0 Å². The van der Waals surface area contributed by atoms with Gasteiger partial charge in [-0.15, -0.1) is 0 Å². The highest BCUT2D eigenvalue weighted by Crippen LogP contribution is 2.51. The van der Waals surface area contributed by atoms with E-state index >= 15 is 0 Å². The second-order valence-electron chi connectivity index (χ2n) is 16.9. The third kappa shape index (κ3) is 8.83. The lowest BCUT2D eigenvalue weighted by molar-refractivity contribution is -0.385. The summed E-state index contributed by atoms with van der Waals surface area (Å²) in [6.45, 7) is 17.6. The Hall–Kier alpha value is -1.70. The lowest BCUT2D eigenvalue weighted by atomic mass is 9.74. The molecule has 1 unspecified atom stereocenters. The van der Waals surface area contributed by atoms with Gasteiger partial charge in [0.05, 0.1) is 60.3 Å². The molecule has 2 spiro atoms. The molecule has 5 heterocycles. The molecular weight excluding hydrogens is 678 g/mol. The van der Waals surface area contributed by atoms with Crippen molar-refractivity contribution in [1.29, 1.82) is 0 Å². The zero-order valence-corrected chi connectivity index (χ0v) is 33.4. The predicted octanol–water partition coefficient (Wildman–Crippen LogP) is 5.92. The number of nitrogens with two attached hydrogens (primary N) is 1. The Labute approximate surface area is 317 Å². The third-order valence-electron chi connectivity index (χ3n) is 13.5. The molecule has 4 fully saturated rings. The zero-order chi connectivity index (χ0) is 38.7. The molecule has 4 saturated heterocycles. The molecule has 0 aromatic heterocycles. The Morgan fingerprint density at radius 2 is 1.70 bits per heavy atom. The highest BCUT2D eigenvalue weighted by molar-refractivity contribution is 5.84. The predicted molar refractivity (Wildman–Crippen MR) is 200 cm³/mol. The van der Waals surface area contributed by atoms with Crippen LogP contribution in [0.2, 0.25) is 0 Å². The second kappa shape index (κ2) is 17.6. The fraction of sp³-hybridized carbons (Fsp3) is 0.857. The Morgan fingerprint density at radius 1 is 1.00 bits per heavy atom.